The van der Waals surface area contributed by atoms with E-state index in [9.17, 15) is 4.79 Å². The highest BCUT2D eigenvalue weighted by Gasteiger charge is 2.27. The predicted molar refractivity (Wildman–Crippen MR) is 121 cm³/mol. The molecular weight excluding hydrogens is 404 g/mol. The molecule has 1 saturated heterocycles. The van der Waals surface area contributed by atoms with Gasteiger partial charge in [0.15, 0.2) is 5.65 Å². The molecule has 0 aliphatic carbocycles. The monoisotopic (exact) mass is 430 g/mol. The Balaban J connectivity index is 1.20. The number of fused-ring (bicyclic) bond motifs is 1. The summed E-state index contributed by atoms with van der Waals surface area (Å²) in [4.78, 5) is 15.2. The van der Waals surface area contributed by atoms with E-state index < -0.39 is 0 Å². The SMILES string of the molecule is Cc1c(C(C)NC(=O)C2CCN(c3ccc4nncn4n3)CC2)cnn1-c1ccccc1. The van der Waals surface area contributed by atoms with E-state index >= 15 is 0 Å². The largest absolute Gasteiger partial charge is 0.355 e. The number of rotatable bonds is 5. The molecule has 0 saturated carbocycles. The van der Waals surface area contributed by atoms with Crippen LogP contribution < -0.4 is 10.2 Å². The highest BCUT2D eigenvalue weighted by molar-refractivity contribution is 5.79. The number of nitrogens with one attached hydrogen (secondary N) is 1. The van der Waals surface area contributed by atoms with E-state index in [4.69, 9.17) is 0 Å². The van der Waals surface area contributed by atoms with Gasteiger partial charge in [-0.2, -0.15) is 9.61 Å². The standard InChI is InChI=1S/C23H26N8O/c1-16(20-14-25-31(17(20)2)19-6-4-3-5-7-19)26-23(32)18-10-12-29(13-11-18)22-9-8-21-27-24-15-30(21)28-22/h3-9,14-16,18H,10-13H2,1-2H3,(H,26,32). The van der Waals surface area contributed by atoms with Crippen molar-refractivity contribution in [2.24, 2.45) is 5.92 Å². The zero-order valence-corrected chi connectivity index (χ0v) is 18.2. The molecule has 1 N–H and O–H groups in total. The van der Waals surface area contributed by atoms with Crippen molar-refractivity contribution in [3.05, 3.63) is 66.2 Å². The Morgan fingerprint density at radius 2 is 1.91 bits per heavy atom. The highest BCUT2D eigenvalue weighted by atomic mass is 16.1. The van der Waals surface area contributed by atoms with Gasteiger partial charge in [-0.25, -0.2) is 4.68 Å². The zero-order valence-electron chi connectivity index (χ0n) is 18.2. The second-order valence-electron chi connectivity index (χ2n) is 8.25. The molecule has 9 nitrogen and oxygen atoms in total. The van der Waals surface area contributed by atoms with Crippen LogP contribution in [0.2, 0.25) is 0 Å². The predicted octanol–water partition coefficient (Wildman–Crippen LogP) is 2.71. The van der Waals surface area contributed by atoms with Crippen molar-refractivity contribution in [1.82, 2.24) is 34.9 Å². The van der Waals surface area contributed by atoms with Crippen LogP contribution in [0.1, 0.15) is 37.1 Å². The summed E-state index contributed by atoms with van der Waals surface area (Å²) < 4.78 is 3.59. The molecule has 1 amide bonds. The van der Waals surface area contributed by atoms with Gasteiger partial charge in [0.1, 0.15) is 12.1 Å². The van der Waals surface area contributed by atoms with Crippen molar-refractivity contribution < 1.29 is 4.79 Å². The van der Waals surface area contributed by atoms with Crippen LogP contribution in [0, 0.1) is 12.8 Å². The third kappa shape index (κ3) is 3.81. The summed E-state index contributed by atoms with van der Waals surface area (Å²) in [5.41, 5.74) is 3.81. The molecule has 32 heavy (non-hydrogen) atoms. The summed E-state index contributed by atoms with van der Waals surface area (Å²) in [6, 6.07) is 13.8. The molecule has 4 heterocycles. The van der Waals surface area contributed by atoms with Crippen molar-refractivity contribution >= 4 is 17.4 Å². The zero-order chi connectivity index (χ0) is 22.1. The summed E-state index contributed by atoms with van der Waals surface area (Å²) in [6.45, 7) is 5.64. The van der Waals surface area contributed by atoms with Crippen molar-refractivity contribution in [2.75, 3.05) is 18.0 Å². The average molecular weight is 431 g/mol. The van der Waals surface area contributed by atoms with E-state index in [0.717, 1.165) is 54.3 Å². The quantitative estimate of drug-likeness (QED) is 0.523. The number of carbonyl (C=O) groups excluding carboxylic acids is 1. The maximum atomic E-state index is 13.0. The van der Waals surface area contributed by atoms with Crippen LogP contribution >= 0.6 is 0 Å². The van der Waals surface area contributed by atoms with Gasteiger partial charge in [-0.05, 0) is 51.0 Å². The van der Waals surface area contributed by atoms with Gasteiger partial charge in [0.05, 0.1) is 17.9 Å². The topological polar surface area (TPSA) is 93.2 Å². The second-order valence-corrected chi connectivity index (χ2v) is 8.25. The third-order valence-corrected chi connectivity index (χ3v) is 6.21. The first kappa shape index (κ1) is 20.2. The lowest BCUT2D eigenvalue weighted by molar-refractivity contribution is -0.126. The molecule has 1 aliphatic heterocycles. The fourth-order valence-corrected chi connectivity index (χ4v) is 4.34. The van der Waals surface area contributed by atoms with Crippen molar-refractivity contribution in [2.45, 2.75) is 32.7 Å². The Kier molecular flexibility index (Phi) is 5.30. The van der Waals surface area contributed by atoms with E-state index in [1.165, 1.54) is 0 Å². The molecule has 0 spiro atoms. The number of hydrogen-bond acceptors (Lipinski definition) is 6. The Hall–Kier alpha value is -3.75. The van der Waals surface area contributed by atoms with Crippen LogP contribution in [-0.2, 0) is 4.79 Å². The summed E-state index contributed by atoms with van der Waals surface area (Å²) in [5.74, 6) is 0.983. The van der Waals surface area contributed by atoms with E-state index in [1.807, 2.05) is 67.2 Å². The molecule has 1 unspecified atom stereocenters. The summed E-state index contributed by atoms with van der Waals surface area (Å²) in [6.07, 6.45) is 5.04. The Morgan fingerprint density at radius 1 is 1.12 bits per heavy atom. The van der Waals surface area contributed by atoms with Gasteiger partial charge >= 0.3 is 0 Å². The molecule has 164 valence electrons. The molecule has 1 atom stereocenters. The fourth-order valence-electron chi connectivity index (χ4n) is 4.34. The highest BCUT2D eigenvalue weighted by Crippen LogP contribution is 2.24. The first-order chi connectivity index (χ1) is 15.6. The van der Waals surface area contributed by atoms with Gasteiger partial charge in [-0.3, -0.25) is 4.79 Å². The lowest BCUT2D eigenvalue weighted by Gasteiger charge is -2.32. The van der Waals surface area contributed by atoms with Crippen LogP contribution in [0.4, 0.5) is 5.82 Å². The molecule has 4 aromatic rings. The summed E-state index contributed by atoms with van der Waals surface area (Å²) in [5, 5.41) is 20.2. The van der Waals surface area contributed by atoms with Crippen LogP contribution in [0.15, 0.2) is 55.0 Å². The van der Waals surface area contributed by atoms with Gasteiger partial charge < -0.3 is 10.2 Å². The second kappa shape index (κ2) is 8.41. The third-order valence-electron chi connectivity index (χ3n) is 6.21. The van der Waals surface area contributed by atoms with Crippen LogP contribution in [0.3, 0.4) is 0 Å². The average Bonchev–Trinajstić information content (AvgIpc) is 3.45. The molecule has 1 aliphatic rings. The van der Waals surface area contributed by atoms with Gasteiger partial charge in [-0.1, -0.05) is 18.2 Å². The van der Waals surface area contributed by atoms with Crippen LogP contribution in [0.5, 0.6) is 0 Å². The van der Waals surface area contributed by atoms with E-state index in [0.29, 0.717) is 0 Å². The molecule has 9 heteroatoms. The molecule has 1 fully saturated rings. The molecule has 1 aromatic carbocycles. The number of anilines is 1. The van der Waals surface area contributed by atoms with Crippen molar-refractivity contribution in [1.29, 1.82) is 0 Å². The van der Waals surface area contributed by atoms with Crippen molar-refractivity contribution in [3.8, 4) is 5.69 Å². The molecule has 0 radical (unpaired) electrons. The minimum Gasteiger partial charge on any atom is -0.355 e. The molecule has 0 bridgehead atoms. The van der Waals surface area contributed by atoms with Gasteiger partial charge in [0, 0.05) is 30.3 Å². The first-order valence-corrected chi connectivity index (χ1v) is 10.9. The summed E-state index contributed by atoms with van der Waals surface area (Å²) >= 11 is 0. The number of carbonyl (C=O) groups is 1. The number of aromatic nitrogens is 6. The number of hydrogen-bond donors (Lipinski definition) is 1. The van der Waals surface area contributed by atoms with E-state index in [1.54, 1.807) is 10.8 Å². The number of piperidine rings is 1. The first-order valence-electron chi connectivity index (χ1n) is 10.9. The maximum absolute atomic E-state index is 13.0. The summed E-state index contributed by atoms with van der Waals surface area (Å²) in [7, 11) is 0. The van der Waals surface area contributed by atoms with Gasteiger partial charge in [0.25, 0.3) is 0 Å². The normalized spacial score (nSPS) is 15.8. The van der Waals surface area contributed by atoms with Gasteiger partial charge in [0.2, 0.25) is 5.91 Å². The number of amides is 1. The Bertz CT molecular complexity index is 1220. The lowest BCUT2D eigenvalue weighted by Crippen LogP contribution is -2.41. The minimum atomic E-state index is -0.101. The lowest BCUT2D eigenvalue weighted by atomic mass is 9.95. The Labute approximate surface area is 186 Å². The van der Waals surface area contributed by atoms with E-state index in [2.05, 4.69) is 30.6 Å². The molecule has 5 rings (SSSR count). The number of para-hydroxylation sites is 1. The number of benzene rings is 1. The maximum Gasteiger partial charge on any atom is 0.223 e. The van der Waals surface area contributed by atoms with E-state index in [-0.39, 0.29) is 17.9 Å². The molecular formula is C23H26N8O. The smallest absolute Gasteiger partial charge is 0.223 e. The van der Waals surface area contributed by atoms with Crippen LogP contribution in [0.25, 0.3) is 11.3 Å². The van der Waals surface area contributed by atoms with Crippen molar-refractivity contribution in [3.63, 3.8) is 0 Å². The van der Waals surface area contributed by atoms with Gasteiger partial charge in [-0.15, -0.1) is 15.3 Å². The fraction of sp³-hybridized carbons (Fsp3) is 0.348. The molecule has 3 aromatic heterocycles. The van der Waals surface area contributed by atoms with Crippen LogP contribution in [-0.4, -0.2) is 48.6 Å². The number of nitrogens with zero attached hydrogens (tertiary/aromatic N) is 7. The minimum absolute atomic E-state index is 0.00295. The Morgan fingerprint density at radius 3 is 2.69 bits per heavy atom.